The Bertz CT molecular complexity index is 909. The minimum Gasteiger partial charge on any atom is -0.481 e. The number of benzene rings is 2. The van der Waals surface area contributed by atoms with Crippen molar-refractivity contribution in [2.75, 3.05) is 18.0 Å². The number of carbonyl (C=O) groups is 3. The topological polar surface area (TPSA) is 86.7 Å². The van der Waals surface area contributed by atoms with Gasteiger partial charge in [-0.2, -0.15) is 0 Å². The third-order valence-electron chi connectivity index (χ3n) is 5.21. The summed E-state index contributed by atoms with van der Waals surface area (Å²) in [5.41, 5.74) is 3.97. The van der Waals surface area contributed by atoms with E-state index in [2.05, 4.69) is 5.32 Å². The van der Waals surface area contributed by atoms with Crippen molar-refractivity contribution in [1.29, 1.82) is 0 Å². The van der Waals surface area contributed by atoms with E-state index < -0.39 is 11.9 Å². The lowest BCUT2D eigenvalue weighted by Crippen LogP contribution is -2.39. The van der Waals surface area contributed by atoms with Crippen LogP contribution in [0, 0.1) is 12.8 Å². The van der Waals surface area contributed by atoms with Crippen LogP contribution >= 0.6 is 0 Å². The second-order valence-electron chi connectivity index (χ2n) is 7.46. The number of aliphatic carboxylic acids is 1. The summed E-state index contributed by atoms with van der Waals surface area (Å²) in [6, 6.07) is 15.4. The number of aryl methyl sites for hydroxylation is 2. The Morgan fingerprint density at radius 1 is 1.14 bits per heavy atom. The van der Waals surface area contributed by atoms with Gasteiger partial charge in [-0.3, -0.25) is 14.4 Å². The lowest BCUT2D eigenvalue weighted by molar-refractivity contribution is -0.141. The maximum Gasteiger partial charge on any atom is 0.308 e. The molecule has 0 radical (unpaired) electrons. The van der Waals surface area contributed by atoms with E-state index in [1.807, 2.05) is 55.5 Å². The van der Waals surface area contributed by atoms with Crippen LogP contribution in [0.25, 0.3) is 0 Å². The van der Waals surface area contributed by atoms with E-state index in [9.17, 15) is 19.5 Å². The van der Waals surface area contributed by atoms with E-state index in [-0.39, 0.29) is 31.3 Å². The van der Waals surface area contributed by atoms with Crippen molar-refractivity contribution in [2.24, 2.45) is 5.92 Å². The smallest absolute Gasteiger partial charge is 0.308 e. The molecule has 0 saturated heterocycles. The van der Waals surface area contributed by atoms with Crippen LogP contribution in [-0.4, -0.2) is 36.0 Å². The fourth-order valence-electron chi connectivity index (χ4n) is 3.65. The summed E-state index contributed by atoms with van der Waals surface area (Å²) in [6.07, 6.45) is 1.65. The van der Waals surface area contributed by atoms with Gasteiger partial charge in [0, 0.05) is 31.6 Å². The highest BCUT2D eigenvalue weighted by Crippen LogP contribution is 2.27. The summed E-state index contributed by atoms with van der Waals surface area (Å²) in [5.74, 6) is -1.87. The molecule has 0 bridgehead atoms. The summed E-state index contributed by atoms with van der Waals surface area (Å²) in [5, 5.41) is 12.2. The molecule has 2 aromatic rings. The molecule has 2 aromatic carbocycles. The second-order valence-corrected chi connectivity index (χ2v) is 7.46. The molecular weight excluding hydrogens is 368 g/mol. The molecule has 1 aliphatic heterocycles. The number of nitrogens with one attached hydrogen (secondary N) is 1. The van der Waals surface area contributed by atoms with Gasteiger partial charge in [0.15, 0.2) is 0 Å². The number of nitrogens with zero attached hydrogens (tertiary/aromatic N) is 1. The highest BCUT2D eigenvalue weighted by atomic mass is 16.4. The van der Waals surface area contributed by atoms with Gasteiger partial charge in [0.2, 0.25) is 11.8 Å². The Morgan fingerprint density at radius 3 is 2.69 bits per heavy atom. The van der Waals surface area contributed by atoms with Gasteiger partial charge in [0.25, 0.3) is 0 Å². The number of hydrogen-bond acceptors (Lipinski definition) is 3. The van der Waals surface area contributed by atoms with E-state index in [1.54, 1.807) is 4.90 Å². The third kappa shape index (κ3) is 5.44. The maximum atomic E-state index is 12.3. The predicted molar refractivity (Wildman–Crippen MR) is 111 cm³/mol. The average molecular weight is 394 g/mol. The van der Waals surface area contributed by atoms with Gasteiger partial charge < -0.3 is 15.3 Å². The standard InChI is InChI=1S/C23H26N2O4/c1-16-5-4-6-17(13-16)14-19(23(28)29)15-24-21(26)11-12-25-20-8-3-2-7-18(20)9-10-22(25)27/h2-8,13,19H,9-12,14-15H2,1H3,(H,24,26)(H,28,29). The number of rotatable bonds is 8. The Morgan fingerprint density at radius 2 is 1.93 bits per heavy atom. The molecule has 152 valence electrons. The maximum absolute atomic E-state index is 12.3. The minimum atomic E-state index is -0.938. The fraction of sp³-hybridized carbons (Fsp3) is 0.348. The lowest BCUT2D eigenvalue weighted by Gasteiger charge is -2.29. The third-order valence-corrected chi connectivity index (χ3v) is 5.21. The molecule has 2 amide bonds. The van der Waals surface area contributed by atoms with E-state index >= 15 is 0 Å². The van der Waals surface area contributed by atoms with Crippen LogP contribution in [0.5, 0.6) is 0 Å². The molecule has 1 aliphatic rings. The molecule has 29 heavy (non-hydrogen) atoms. The van der Waals surface area contributed by atoms with Crippen molar-refractivity contribution in [3.8, 4) is 0 Å². The molecule has 1 heterocycles. The molecule has 0 spiro atoms. The molecule has 0 saturated carbocycles. The fourth-order valence-corrected chi connectivity index (χ4v) is 3.65. The van der Waals surface area contributed by atoms with Crippen molar-refractivity contribution < 1.29 is 19.5 Å². The molecule has 3 rings (SSSR count). The monoisotopic (exact) mass is 394 g/mol. The summed E-state index contributed by atoms with van der Waals surface area (Å²) < 4.78 is 0. The molecule has 6 nitrogen and oxygen atoms in total. The molecular formula is C23H26N2O4. The number of carbonyl (C=O) groups excluding carboxylic acids is 2. The van der Waals surface area contributed by atoms with Crippen LogP contribution in [0.4, 0.5) is 5.69 Å². The highest BCUT2D eigenvalue weighted by Gasteiger charge is 2.24. The van der Waals surface area contributed by atoms with Crippen molar-refractivity contribution in [3.63, 3.8) is 0 Å². The molecule has 0 fully saturated rings. The van der Waals surface area contributed by atoms with Crippen molar-refractivity contribution in [2.45, 2.75) is 32.6 Å². The van der Waals surface area contributed by atoms with Crippen LogP contribution in [-0.2, 0) is 27.2 Å². The number of para-hydroxylation sites is 1. The SMILES string of the molecule is Cc1cccc(CC(CNC(=O)CCN2C(=O)CCc3ccccc32)C(=O)O)c1. The quantitative estimate of drug-likeness (QED) is 0.721. The minimum absolute atomic E-state index is 0.0133. The summed E-state index contributed by atoms with van der Waals surface area (Å²) in [6.45, 7) is 2.31. The van der Waals surface area contributed by atoms with E-state index in [1.165, 1.54) is 0 Å². The van der Waals surface area contributed by atoms with Gasteiger partial charge in [-0.25, -0.2) is 0 Å². The summed E-state index contributed by atoms with van der Waals surface area (Å²) in [4.78, 5) is 37.8. The Labute approximate surface area is 170 Å². The lowest BCUT2D eigenvalue weighted by atomic mass is 9.98. The van der Waals surface area contributed by atoms with Gasteiger partial charge in [0.05, 0.1) is 5.92 Å². The van der Waals surface area contributed by atoms with Crippen LogP contribution < -0.4 is 10.2 Å². The zero-order valence-corrected chi connectivity index (χ0v) is 16.6. The number of hydrogen-bond donors (Lipinski definition) is 2. The zero-order valence-electron chi connectivity index (χ0n) is 16.6. The van der Waals surface area contributed by atoms with E-state index in [0.29, 0.717) is 12.8 Å². The van der Waals surface area contributed by atoms with Gasteiger partial charge >= 0.3 is 5.97 Å². The molecule has 6 heteroatoms. The van der Waals surface area contributed by atoms with Gasteiger partial charge in [0.1, 0.15) is 0 Å². The van der Waals surface area contributed by atoms with Crippen LogP contribution in [0.1, 0.15) is 29.5 Å². The highest BCUT2D eigenvalue weighted by molar-refractivity contribution is 5.97. The van der Waals surface area contributed by atoms with Crippen molar-refractivity contribution >= 4 is 23.5 Å². The van der Waals surface area contributed by atoms with E-state index in [0.717, 1.165) is 28.8 Å². The largest absolute Gasteiger partial charge is 0.481 e. The first-order chi connectivity index (χ1) is 13.9. The first-order valence-corrected chi connectivity index (χ1v) is 9.87. The molecule has 1 unspecified atom stereocenters. The normalized spacial score (nSPS) is 14.2. The Kier molecular flexibility index (Phi) is 6.65. The van der Waals surface area contributed by atoms with Crippen molar-refractivity contribution in [3.05, 3.63) is 65.2 Å². The Balaban J connectivity index is 1.53. The van der Waals surface area contributed by atoms with Crippen molar-refractivity contribution in [1.82, 2.24) is 5.32 Å². The number of amides is 2. The average Bonchev–Trinajstić information content (AvgIpc) is 2.70. The zero-order chi connectivity index (χ0) is 20.8. The molecule has 0 aromatic heterocycles. The Hall–Kier alpha value is -3.15. The molecule has 0 aliphatic carbocycles. The van der Waals surface area contributed by atoms with Gasteiger partial charge in [-0.15, -0.1) is 0 Å². The number of carboxylic acid groups (broad SMARTS) is 1. The van der Waals surface area contributed by atoms with Crippen LogP contribution in [0.15, 0.2) is 48.5 Å². The summed E-state index contributed by atoms with van der Waals surface area (Å²) >= 11 is 0. The predicted octanol–water partition coefficient (Wildman–Crippen LogP) is 2.72. The van der Waals surface area contributed by atoms with E-state index in [4.69, 9.17) is 0 Å². The van der Waals surface area contributed by atoms with Gasteiger partial charge in [-0.05, 0) is 37.0 Å². The van der Waals surface area contributed by atoms with Gasteiger partial charge in [-0.1, -0.05) is 48.0 Å². The number of anilines is 1. The van der Waals surface area contributed by atoms with Crippen LogP contribution in [0.3, 0.4) is 0 Å². The molecule has 2 N–H and O–H groups in total. The second kappa shape index (κ2) is 9.37. The number of fused-ring (bicyclic) bond motifs is 1. The first kappa shape index (κ1) is 20.6. The first-order valence-electron chi connectivity index (χ1n) is 9.87. The van der Waals surface area contributed by atoms with Crippen LogP contribution in [0.2, 0.25) is 0 Å². The molecule has 1 atom stereocenters. The number of carboxylic acids is 1. The summed E-state index contributed by atoms with van der Waals surface area (Å²) in [7, 11) is 0.